The highest BCUT2D eigenvalue weighted by atomic mass is 19.1. The maximum atomic E-state index is 13.7. The van der Waals surface area contributed by atoms with E-state index in [4.69, 9.17) is 10.1 Å². The molecule has 0 atom stereocenters. The van der Waals surface area contributed by atoms with Crippen LogP contribution < -0.4 is 10.6 Å². The van der Waals surface area contributed by atoms with E-state index in [9.17, 15) is 8.78 Å². The molecule has 0 unspecified atom stereocenters. The lowest BCUT2D eigenvalue weighted by atomic mass is 10.0. The first-order chi connectivity index (χ1) is 18.1. The summed E-state index contributed by atoms with van der Waals surface area (Å²) in [5, 5.41) is 11.7. The van der Waals surface area contributed by atoms with Gasteiger partial charge in [-0.15, -0.1) is 0 Å². The Kier molecular flexibility index (Phi) is 6.18. The zero-order chi connectivity index (χ0) is 25.2. The number of hydrogen-bond donors (Lipinski definition) is 2. The molecule has 1 saturated carbocycles. The minimum absolute atomic E-state index is 0.278. The van der Waals surface area contributed by atoms with Gasteiger partial charge in [-0.3, -0.25) is 0 Å². The Morgan fingerprint density at radius 1 is 0.838 bits per heavy atom. The molecular formula is C28H25F2N7. The molecule has 5 aromatic rings. The summed E-state index contributed by atoms with van der Waals surface area (Å²) in [5.41, 5.74) is 4.65. The van der Waals surface area contributed by atoms with Crippen molar-refractivity contribution in [1.82, 2.24) is 24.6 Å². The summed E-state index contributed by atoms with van der Waals surface area (Å²) in [6.45, 7) is 0.447. The fourth-order valence-electron chi connectivity index (χ4n) is 4.76. The average Bonchev–Trinajstić information content (AvgIpc) is 3.57. The topological polar surface area (TPSA) is 80.0 Å². The summed E-state index contributed by atoms with van der Waals surface area (Å²) >= 11 is 0. The van der Waals surface area contributed by atoms with E-state index >= 15 is 0 Å². The molecule has 1 fully saturated rings. The van der Waals surface area contributed by atoms with Crippen LogP contribution in [0.3, 0.4) is 0 Å². The summed E-state index contributed by atoms with van der Waals surface area (Å²) in [6, 6.07) is 16.7. The molecule has 1 aliphatic rings. The van der Waals surface area contributed by atoms with Crippen molar-refractivity contribution in [2.75, 3.05) is 10.6 Å². The van der Waals surface area contributed by atoms with Gasteiger partial charge < -0.3 is 10.6 Å². The van der Waals surface area contributed by atoms with E-state index in [1.165, 1.54) is 37.1 Å². The fourth-order valence-corrected chi connectivity index (χ4v) is 4.76. The highest BCUT2D eigenvalue weighted by molar-refractivity contribution is 5.91. The molecule has 6 rings (SSSR count). The van der Waals surface area contributed by atoms with E-state index in [0.717, 1.165) is 35.0 Å². The Hall–Kier alpha value is -4.40. The van der Waals surface area contributed by atoms with Gasteiger partial charge in [0.25, 0.3) is 0 Å². The molecule has 0 aliphatic heterocycles. The Labute approximate surface area is 212 Å². The van der Waals surface area contributed by atoms with Gasteiger partial charge in [0.2, 0.25) is 11.9 Å². The fraction of sp³-hybridized carbons (Fsp3) is 0.214. The SMILES string of the molecule is Fc1ccc(CNc2nccc(-c3c(-c4ccc(F)cc4)nn4c(NC5CCCC5)nccc34)n2)cc1. The van der Waals surface area contributed by atoms with Crippen LogP contribution in [0, 0.1) is 11.6 Å². The highest BCUT2D eigenvalue weighted by Gasteiger charge is 2.22. The summed E-state index contributed by atoms with van der Waals surface area (Å²) in [4.78, 5) is 13.7. The molecule has 186 valence electrons. The van der Waals surface area contributed by atoms with Crippen LogP contribution in [0.2, 0.25) is 0 Å². The van der Waals surface area contributed by atoms with Crippen LogP contribution in [-0.2, 0) is 6.54 Å². The van der Waals surface area contributed by atoms with Crippen molar-refractivity contribution >= 4 is 17.4 Å². The molecule has 1 aliphatic carbocycles. The Morgan fingerprint density at radius 2 is 1.54 bits per heavy atom. The van der Waals surface area contributed by atoms with E-state index in [1.54, 1.807) is 41.2 Å². The van der Waals surface area contributed by atoms with E-state index in [2.05, 4.69) is 20.6 Å². The normalized spacial score (nSPS) is 13.8. The van der Waals surface area contributed by atoms with Crippen LogP contribution in [0.1, 0.15) is 31.2 Å². The lowest BCUT2D eigenvalue weighted by molar-refractivity contribution is 0.627. The first kappa shape index (κ1) is 23.0. The molecule has 0 radical (unpaired) electrons. The second-order valence-electron chi connectivity index (χ2n) is 9.17. The maximum Gasteiger partial charge on any atom is 0.224 e. The summed E-state index contributed by atoms with van der Waals surface area (Å²) in [5.74, 6) is 0.514. The van der Waals surface area contributed by atoms with Crippen molar-refractivity contribution in [3.8, 4) is 22.5 Å². The van der Waals surface area contributed by atoms with Gasteiger partial charge in [0.1, 0.15) is 17.3 Å². The second-order valence-corrected chi connectivity index (χ2v) is 9.17. The number of fused-ring (bicyclic) bond motifs is 1. The van der Waals surface area contributed by atoms with E-state index in [1.807, 2.05) is 12.1 Å². The van der Waals surface area contributed by atoms with Crippen LogP contribution >= 0.6 is 0 Å². The predicted molar refractivity (Wildman–Crippen MR) is 139 cm³/mol. The molecule has 2 aromatic carbocycles. The monoisotopic (exact) mass is 497 g/mol. The average molecular weight is 498 g/mol. The summed E-state index contributed by atoms with van der Waals surface area (Å²) in [6.07, 6.45) is 8.06. The van der Waals surface area contributed by atoms with Crippen LogP contribution in [0.15, 0.2) is 73.1 Å². The number of anilines is 2. The third-order valence-corrected chi connectivity index (χ3v) is 6.63. The first-order valence-electron chi connectivity index (χ1n) is 12.4. The molecule has 0 amide bonds. The van der Waals surface area contributed by atoms with Crippen molar-refractivity contribution in [3.63, 3.8) is 0 Å². The van der Waals surface area contributed by atoms with Crippen molar-refractivity contribution < 1.29 is 8.78 Å². The third-order valence-electron chi connectivity index (χ3n) is 6.63. The second kappa shape index (κ2) is 9.93. The first-order valence-corrected chi connectivity index (χ1v) is 12.4. The van der Waals surface area contributed by atoms with Gasteiger partial charge in [-0.05, 0) is 66.9 Å². The van der Waals surface area contributed by atoms with Crippen LogP contribution in [0.5, 0.6) is 0 Å². The van der Waals surface area contributed by atoms with Gasteiger partial charge in [-0.1, -0.05) is 25.0 Å². The molecule has 0 bridgehead atoms. The lowest BCUT2D eigenvalue weighted by Crippen LogP contribution is -2.18. The molecule has 9 heteroatoms. The number of hydrogen-bond acceptors (Lipinski definition) is 6. The molecule has 0 saturated heterocycles. The molecule has 7 nitrogen and oxygen atoms in total. The standard InChI is InChI=1S/C28H25F2N7/c29-20-9-5-18(6-10-20)17-33-27-31-15-13-23(35-27)25-24-14-16-32-28(34-22-3-1-2-4-22)37(24)36-26(25)19-7-11-21(30)12-8-19/h5-16,22H,1-4,17H2,(H,32,34)(H,31,33,35). The molecule has 0 spiro atoms. The van der Waals surface area contributed by atoms with E-state index < -0.39 is 0 Å². The van der Waals surface area contributed by atoms with Crippen LogP contribution in [-0.4, -0.2) is 30.6 Å². The highest BCUT2D eigenvalue weighted by Crippen LogP contribution is 2.35. The summed E-state index contributed by atoms with van der Waals surface area (Å²) in [7, 11) is 0. The zero-order valence-electron chi connectivity index (χ0n) is 20.0. The number of rotatable bonds is 7. The number of aromatic nitrogens is 5. The zero-order valence-corrected chi connectivity index (χ0v) is 20.0. The number of benzene rings is 2. The Bertz CT molecular complexity index is 1530. The molecule has 3 heterocycles. The van der Waals surface area contributed by atoms with Crippen molar-refractivity contribution in [2.24, 2.45) is 0 Å². The van der Waals surface area contributed by atoms with Gasteiger partial charge in [0.15, 0.2) is 0 Å². The smallest absolute Gasteiger partial charge is 0.224 e. The van der Waals surface area contributed by atoms with Gasteiger partial charge in [-0.2, -0.15) is 9.61 Å². The summed E-state index contributed by atoms with van der Waals surface area (Å²) < 4.78 is 28.8. The molecule has 2 N–H and O–H groups in total. The van der Waals surface area contributed by atoms with E-state index in [0.29, 0.717) is 35.9 Å². The number of nitrogens with zero attached hydrogens (tertiary/aromatic N) is 5. The quantitative estimate of drug-likeness (QED) is 0.283. The van der Waals surface area contributed by atoms with Gasteiger partial charge in [-0.25, -0.2) is 23.7 Å². The predicted octanol–water partition coefficient (Wildman–Crippen LogP) is 6.10. The van der Waals surface area contributed by atoms with Crippen molar-refractivity contribution in [3.05, 3.63) is 90.3 Å². The molecule has 3 aromatic heterocycles. The maximum absolute atomic E-state index is 13.7. The minimum atomic E-state index is -0.311. The van der Waals surface area contributed by atoms with Gasteiger partial charge in [0.05, 0.1) is 16.8 Å². The minimum Gasteiger partial charge on any atom is -0.351 e. The Balaban J connectivity index is 1.41. The van der Waals surface area contributed by atoms with Crippen LogP contribution in [0.4, 0.5) is 20.7 Å². The van der Waals surface area contributed by atoms with Gasteiger partial charge >= 0.3 is 0 Å². The Morgan fingerprint density at radius 3 is 2.30 bits per heavy atom. The van der Waals surface area contributed by atoms with Crippen molar-refractivity contribution in [1.29, 1.82) is 0 Å². The van der Waals surface area contributed by atoms with Crippen LogP contribution in [0.25, 0.3) is 28.0 Å². The molecular weight excluding hydrogens is 472 g/mol. The molecule has 37 heavy (non-hydrogen) atoms. The third kappa shape index (κ3) is 4.84. The lowest BCUT2D eigenvalue weighted by Gasteiger charge is -2.13. The number of halogens is 2. The van der Waals surface area contributed by atoms with Crippen molar-refractivity contribution in [2.45, 2.75) is 38.3 Å². The van der Waals surface area contributed by atoms with Gasteiger partial charge in [0, 0.05) is 30.5 Å². The van der Waals surface area contributed by atoms with E-state index in [-0.39, 0.29) is 11.6 Å². The largest absolute Gasteiger partial charge is 0.351 e. The number of nitrogens with one attached hydrogen (secondary N) is 2.